The summed E-state index contributed by atoms with van der Waals surface area (Å²) in [5.41, 5.74) is 3.53. The van der Waals surface area contributed by atoms with Crippen LogP contribution in [0.2, 0.25) is 0 Å². The Hall–Kier alpha value is -2.57. The normalized spacial score (nSPS) is 15.1. The number of carbonyl (C=O) groups excluding carboxylic acids is 1. The van der Waals surface area contributed by atoms with Gasteiger partial charge in [-0.2, -0.15) is 0 Å². The quantitative estimate of drug-likeness (QED) is 0.742. The van der Waals surface area contributed by atoms with Gasteiger partial charge in [-0.05, 0) is 30.7 Å². The van der Waals surface area contributed by atoms with Crippen LogP contribution < -0.4 is 14.8 Å². The van der Waals surface area contributed by atoms with Gasteiger partial charge in [-0.15, -0.1) is 0 Å². The molecular weight excluding hydrogens is 366 g/mol. The lowest BCUT2D eigenvalue weighted by Crippen LogP contribution is -2.49. The summed E-state index contributed by atoms with van der Waals surface area (Å²) >= 11 is 0. The second-order valence-electron chi connectivity index (χ2n) is 7.49. The van der Waals surface area contributed by atoms with Gasteiger partial charge in [0.15, 0.2) is 0 Å². The lowest BCUT2D eigenvalue weighted by atomic mass is 10.1. The van der Waals surface area contributed by atoms with Crippen molar-refractivity contribution >= 4 is 5.91 Å². The number of hydrogen-bond acceptors (Lipinski definition) is 5. The van der Waals surface area contributed by atoms with E-state index in [1.807, 2.05) is 30.3 Å². The Labute approximate surface area is 173 Å². The number of ether oxygens (including phenoxy) is 2. The van der Waals surface area contributed by atoms with Crippen LogP contribution in [0.25, 0.3) is 0 Å². The van der Waals surface area contributed by atoms with Gasteiger partial charge in [0.2, 0.25) is 5.91 Å². The fourth-order valence-corrected chi connectivity index (χ4v) is 3.58. The fourth-order valence-electron chi connectivity index (χ4n) is 3.58. The minimum absolute atomic E-state index is 0.0645. The van der Waals surface area contributed by atoms with E-state index in [9.17, 15) is 4.79 Å². The highest BCUT2D eigenvalue weighted by molar-refractivity contribution is 5.78. The average molecular weight is 398 g/mol. The Morgan fingerprint density at radius 1 is 0.966 bits per heavy atom. The van der Waals surface area contributed by atoms with Crippen LogP contribution in [0.1, 0.15) is 16.7 Å². The number of benzene rings is 2. The minimum atomic E-state index is 0.0645. The molecule has 2 aromatic carbocycles. The first-order valence-corrected chi connectivity index (χ1v) is 10.0. The lowest BCUT2D eigenvalue weighted by molar-refractivity contribution is -0.122. The maximum Gasteiger partial charge on any atom is 0.234 e. The molecule has 0 saturated carbocycles. The summed E-state index contributed by atoms with van der Waals surface area (Å²) in [4.78, 5) is 16.9. The molecule has 0 radical (unpaired) electrons. The van der Waals surface area contributed by atoms with Crippen molar-refractivity contribution in [3.63, 3.8) is 0 Å². The van der Waals surface area contributed by atoms with Gasteiger partial charge in [0.05, 0.1) is 20.8 Å². The van der Waals surface area contributed by atoms with Gasteiger partial charge < -0.3 is 14.8 Å². The Morgan fingerprint density at radius 2 is 1.66 bits per heavy atom. The smallest absolute Gasteiger partial charge is 0.234 e. The van der Waals surface area contributed by atoms with Crippen LogP contribution in [0.4, 0.5) is 0 Å². The molecule has 1 N–H and O–H groups in total. The summed E-state index contributed by atoms with van der Waals surface area (Å²) < 4.78 is 10.7. The van der Waals surface area contributed by atoms with E-state index in [2.05, 4.69) is 34.2 Å². The van der Waals surface area contributed by atoms with Gasteiger partial charge in [0.1, 0.15) is 11.5 Å². The third kappa shape index (κ3) is 6.21. The number of nitrogens with one attached hydrogen (secondary N) is 1. The summed E-state index contributed by atoms with van der Waals surface area (Å²) in [6, 6.07) is 14.1. The number of methoxy groups -OCH3 is 2. The third-order valence-corrected chi connectivity index (χ3v) is 5.31. The predicted molar refractivity (Wildman–Crippen MR) is 114 cm³/mol. The van der Waals surface area contributed by atoms with Gasteiger partial charge in [-0.3, -0.25) is 14.6 Å². The number of amides is 1. The summed E-state index contributed by atoms with van der Waals surface area (Å²) in [7, 11) is 3.37. The van der Waals surface area contributed by atoms with Gasteiger partial charge in [0, 0.05) is 44.8 Å². The van der Waals surface area contributed by atoms with Gasteiger partial charge in [0.25, 0.3) is 0 Å². The van der Waals surface area contributed by atoms with Crippen LogP contribution >= 0.6 is 0 Å². The first kappa shape index (κ1) is 21.1. The van der Waals surface area contributed by atoms with Crippen LogP contribution in [0, 0.1) is 6.92 Å². The highest BCUT2D eigenvalue weighted by atomic mass is 16.5. The van der Waals surface area contributed by atoms with Crippen LogP contribution in [0.15, 0.2) is 42.5 Å². The van der Waals surface area contributed by atoms with Crippen molar-refractivity contribution in [3.8, 4) is 11.5 Å². The average Bonchev–Trinajstić information content (AvgIpc) is 2.74. The number of carbonyl (C=O) groups is 1. The van der Waals surface area contributed by atoms with E-state index in [4.69, 9.17) is 9.47 Å². The molecule has 0 atom stereocenters. The maximum atomic E-state index is 12.3. The number of rotatable bonds is 8. The molecule has 156 valence electrons. The monoisotopic (exact) mass is 397 g/mol. The molecule has 0 aromatic heterocycles. The van der Waals surface area contributed by atoms with E-state index in [0.717, 1.165) is 49.8 Å². The van der Waals surface area contributed by atoms with E-state index in [-0.39, 0.29) is 5.91 Å². The second-order valence-corrected chi connectivity index (χ2v) is 7.49. The largest absolute Gasteiger partial charge is 0.497 e. The molecule has 1 aliphatic heterocycles. The van der Waals surface area contributed by atoms with E-state index in [1.165, 1.54) is 11.1 Å². The molecule has 6 heteroatoms. The zero-order valence-corrected chi connectivity index (χ0v) is 17.6. The van der Waals surface area contributed by atoms with Crippen molar-refractivity contribution in [1.82, 2.24) is 15.1 Å². The molecule has 1 amide bonds. The van der Waals surface area contributed by atoms with Crippen molar-refractivity contribution in [2.24, 2.45) is 0 Å². The second kappa shape index (κ2) is 10.3. The molecule has 1 fully saturated rings. The van der Waals surface area contributed by atoms with Crippen molar-refractivity contribution in [1.29, 1.82) is 0 Å². The van der Waals surface area contributed by atoms with E-state index in [1.54, 1.807) is 14.2 Å². The first-order chi connectivity index (χ1) is 14.1. The SMILES string of the molecule is COc1ccc(CNC(=O)CN2CCN(Cc3cc(C)ccc3OC)CC2)cc1. The van der Waals surface area contributed by atoms with Crippen LogP contribution in [-0.4, -0.2) is 62.7 Å². The number of piperazine rings is 1. The summed E-state index contributed by atoms with van der Waals surface area (Å²) in [5, 5.41) is 3.00. The molecule has 0 unspecified atom stereocenters. The van der Waals surface area contributed by atoms with Gasteiger partial charge in [-0.1, -0.05) is 29.8 Å². The zero-order chi connectivity index (χ0) is 20.6. The molecule has 0 aliphatic carbocycles. The van der Waals surface area contributed by atoms with E-state index in [0.29, 0.717) is 13.1 Å². The molecule has 0 spiro atoms. The molecule has 6 nitrogen and oxygen atoms in total. The van der Waals surface area contributed by atoms with Crippen LogP contribution in [0.5, 0.6) is 11.5 Å². The molecule has 29 heavy (non-hydrogen) atoms. The third-order valence-electron chi connectivity index (χ3n) is 5.31. The summed E-state index contributed by atoms with van der Waals surface area (Å²) in [6.07, 6.45) is 0. The van der Waals surface area contributed by atoms with E-state index >= 15 is 0 Å². The molecule has 0 bridgehead atoms. The summed E-state index contributed by atoms with van der Waals surface area (Å²) in [6.45, 7) is 7.64. The number of hydrogen-bond donors (Lipinski definition) is 1. The summed E-state index contributed by atoms with van der Waals surface area (Å²) in [5.74, 6) is 1.83. The standard InChI is InChI=1S/C23H31N3O3/c1-18-4-9-22(29-3)20(14-18)16-25-10-12-26(13-11-25)17-23(27)24-15-19-5-7-21(28-2)8-6-19/h4-9,14H,10-13,15-17H2,1-3H3,(H,24,27). The molecule has 3 rings (SSSR count). The van der Waals surface area contributed by atoms with Gasteiger partial charge in [-0.25, -0.2) is 0 Å². The van der Waals surface area contributed by atoms with Crippen molar-refractivity contribution in [2.45, 2.75) is 20.0 Å². The predicted octanol–water partition coefficient (Wildman–Crippen LogP) is 2.45. The molecule has 1 heterocycles. The molecule has 2 aromatic rings. The number of aryl methyl sites for hydroxylation is 1. The zero-order valence-electron chi connectivity index (χ0n) is 17.6. The number of nitrogens with zero attached hydrogens (tertiary/aromatic N) is 2. The van der Waals surface area contributed by atoms with Gasteiger partial charge >= 0.3 is 0 Å². The minimum Gasteiger partial charge on any atom is -0.497 e. The maximum absolute atomic E-state index is 12.3. The molecule has 1 saturated heterocycles. The lowest BCUT2D eigenvalue weighted by Gasteiger charge is -2.34. The highest BCUT2D eigenvalue weighted by Gasteiger charge is 2.20. The van der Waals surface area contributed by atoms with Crippen LogP contribution in [0.3, 0.4) is 0 Å². The van der Waals surface area contributed by atoms with Crippen molar-refractivity contribution in [3.05, 3.63) is 59.2 Å². The molecule has 1 aliphatic rings. The van der Waals surface area contributed by atoms with Crippen LogP contribution in [-0.2, 0) is 17.9 Å². The van der Waals surface area contributed by atoms with Crippen molar-refractivity contribution in [2.75, 3.05) is 46.9 Å². The topological polar surface area (TPSA) is 54.0 Å². The first-order valence-electron chi connectivity index (χ1n) is 10.0. The Balaban J connectivity index is 1.41. The van der Waals surface area contributed by atoms with E-state index < -0.39 is 0 Å². The molecular formula is C23H31N3O3. The Bertz CT molecular complexity index is 800. The van der Waals surface area contributed by atoms with Crippen molar-refractivity contribution < 1.29 is 14.3 Å². The Kier molecular flexibility index (Phi) is 7.49. The highest BCUT2D eigenvalue weighted by Crippen LogP contribution is 2.22. The fraction of sp³-hybridized carbons (Fsp3) is 0.435. The Morgan fingerprint density at radius 3 is 2.31 bits per heavy atom.